The summed E-state index contributed by atoms with van der Waals surface area (Å²) in [7, 11) is 0. The lowest BCUT2D eigenvalue weighted by atomic mass is 10.00. The Kier molecular flexibility index (Phi) is 5.09. The van der Waals surface area contributed by atoms with E-state index in [4.69, 9.17) is 4.99 Å². The number of aryl methyl sites for hydroxylation is 1. The van der Waals surface area contributed by atoms with Gasteiger partial charge in [0, 0.05) is 34.4 Å². The number of rotatable bonds is 3. The summed E-state index contributed by atoms with van der Waals surface area (Å²) in [6, 6.07) is 23.8. The van der Waals surface area contributed by atoms with E-state index >= 15 is 0 Å². The van der Waals surface area contributed by atoms with Crippen molar-refractivity contribution in [1.29, 1.82) is 0 Å². The molecule has 4 nitrogen and oxygen atoms in total. The van der Waals surface area contributed by atoms with E-state index in [-0.39, 0.29) is 5.25 Å². The minimum absolute atomic E-state index is 0.105. The van der Waals surface area contributed by atoms with Crippen LogP contribution in [0.15, 0.2) is 82.7 Å². The molecule has 5 heteroatoms. The van der Waals surface area contributed by atoms with Crippen molar-refractivity contribution in [3.05, 3.63) is 94.7 Å². The number of benzene rings is 3. The number of nitrogens with zero attached hydrogens (tertiary/aromatic N) is 1. The summed E-state index contributed by atoms with van der Waals surface area (Å²) in [5.41, 5.74) is 5.65. The van der Waals surface area contributed by atoms with Crippen LogP contribution in [0.4, 0.5) is 11.4 Å². The zero-order chi connectivity index (χ0) is 18.8. The summed E-state index contributed by atoms with van der Waals surface area (Å²) in [6.45, 7) is 2.07. The maximum absolute atomic E-state index is 11.4. The third-order valence-electron chi connectivity index (χ3n) is 4.66. The van der Waals surface area contributed by atoms with Crippen LogP contribution in [0.3, 0.4) is 0 Å². The van der Waals surface area contributed by atoms with E-state index in [2.05, 4.69) is 37.3 Å². The van der Waals surface area contributed by atoms with Gasteiger partial charge < -0.3 is 5.21 Å². The number of thioether (sulfide) groups is 1. The quantitative estimate of drug-likeness (QED) is 0.648. The average Bonchev–Trinajstić information content (AvgIpc) is 2.88. The van der Waals surface area contributed by atoms with Crippen molar-refractivity contribution in [2.24, 2.45) is 4.99 Å². The lowest BCUT2D eigenvalue weighted by Gasteiger charge is -2.18. The van der Waals surface area contributed by atoms with E-state index < -0.39 is 5.23 Å². The van der Waals surface area contributed by atoms with Crippen LogP contribution in [-0.4, -0.2) is 10.9 Å². The zero-order valence-electron chi connectivity index (χ0n) is 14.9. The van der Waals surface area contributed by atoms with Crippen molar-refractivity contribution in [2.45, 2.75) is 23.5 Å². The van der Waals surface area contributed by atoms with Crippen molar-refractivity contribution >= 4 is 28.8 Å². The topological polar surface area (TPSA) is 60.1 Å². The van der Waals surface area contributed by atoms with Gasteiger partial charge in [0.05, 0.1) is 5.69 Å². The van der Waals surface area contributed by atoms with Gasteiger partial charge in [-0.1, -0.05) is 54.1 Å². The lowest BCUT2D eigenvalue weighted by molar-refractivity contribution is -0.991. The Balaban J connectivity index is 1.78. The molecule has 0 amide bonds. The molecule has 136 valence electrons. The summed E-state index contributed by atoms with van der Waals surface area (Å²) in [4.78, 5) is 6.07. The smallest absolute Gasteiger partial charge is 0.164 e. The van der Waals surface area contributed by atoms with Gasteiger partial charge in [-0.3, -0.25) is 4.99 Å². The molecule has 0 aromatic heterocycles. The number of nitrogens with one attached hydrogen (secondary N) is 1. The van der Waals surface area contributed by atoms with E-state index in [0.29, 0.717) is 5.69 Å². The van der Waals surface area contributed by atoms with E-state index in [1.807, 2.05) is 30.3 Å². The number of aliphatic imine (C=N–C) groups is 1. The SMILES string of the molecule is Cc1ccc(C2=Nc3ccccc3SC(c3cccc([NH+]([O-])O)c3)C2)cc1. The van der Waals surface area contributed by atoms with Crippen LogP contribution in [-0.2, 0) is 0 Å². The maximum atomic E-state index is 11.4. The third-order valence-corrected chi connectivity index (χ3v) is 5.98. The van der Waals surface area contributed by atoms with Crippen LogP contribution in [0.2, 0.25) is 0 Å². The fourth-order valence-corrected chi connectivity index (χ4v) is 4.42. The summed E-state index contributed by atoms with van der Waals surface area (Å²) in [5, 5.41) is 19.9. The van der Waals surface area contributed by atoms with Gasteiger partial charge in [-0.2, -0.15) is 5.23 Å². The molecule has 2 unspecified atom stereocenters. The van der Waals surface area contributed by atoms with Crippen LogP contribution >= 0.6 is 11.8 Å². The first kappa shape index (κ1) is 17.9. The van der Waals surface area contributed by atoms with Gasteiger partial charge in [-0.05, 0) is 30.2 Å². The molecule has 27 heavy (non-hydrogen) atoms. The van der Waals surface area contributed by atoms with Gasteiger partial charge in [-0.15, -0.1) is 11.8 Å². The Morgan fingerprint density at radius 3 is 2.59 bits per heavy atom. The molecule has 2 N–H and O–H groups in total. The molecule has 1 aliphatic heterocycles. The highest BCUT2D eigenvalue weighted by atomic mass is 32.2. The van der Waals surface area contributed by atoms with Crippen LogP contribution in [0.1, 0.15) is 28.4 Å². The molecular weight excluding hydrogens is 356 g/mol. The molecule has 0 bridgehead atoms. The Bertz CT molecular complexity index is 984. The molecule has 0 fully saturated rings. The van der Waals surface area contributed by atoms with Gasteiger partial charge in [0.1, 0.15) is 0 Å². The second kappa shape index (κ2) is 7.66. The first-order chi connectivity index (χ1) is 13.1. The first-order valence-electron chi connectivity index (χ1n) is 8.84. The molecule has 1 heterocycles. The lowest BCUT2D eigenvalue weighted by Crippen LogP contribution is -2.99. The van der Waals surface area contributed by atoms with E-state index in [0.717, 1.165) is 33.8 Å². The van der Waals surface area contributed by atoms with Crippen molar-refractivity contribution < 1.29 is 10.4 Å². The number of para-hydroxylation sites is 1. The zero-order valence-corrected chi connectivity index (χ0v) is 15.7. The van der Waals surface area contributed by atoms with Crippen molar-refractivity contribution in [2.75, 3.05) is 0 Å². The molecule has 2 atom stereocenters. The fraction of sp³-hybridized carbons (Fsp3) is 0.136. The molecule has 0 spiro atoms. The molecule has 0 aliphatic carbocycles. The molecule has 3 aromatic rings. The highest BCUT2D eigenvalue weighted by Crippen LogP contribution is 2.45. The number of hydrogen-bond acceptors (Lipinski definition) is 4. The second-order valence-corrected chi connectivity index (χ2v) is 7.88. The summed E-state index contributed by atoms with van der Waals surface area (Å²) in [5.74, 6) is 0. The highest BCUT2D eigenvalue weighted by molar-refractivity contribution is 7.99. The summed E-state index contributed by atoms with van der Waals surface area (Å²) in [6.07, 6.45) is 0.742. The minimum Gasteiger partial charge on any atom is -0.595 e. The van der Waals surface area contributed by atoms with Crippen LogP contribution in [0.25, 0.3) is 0 Å². The highest BCUT2D eigenvalue weighted by Gasteiger charge is 2.23. The number of hydrogen-bond donors (Lipinski definition) is 2. The van der Waals surface area contributed by atoms with Gasteiger partial charge in [-0.25, -0.2) is 5.21 Å². The van der Waals surface area contributed by atoms with Gasteiger partial charge in [0.25, 0.3) is 0 Å². The first-order valence-corrected chi connectivity index (χ1v) is 9.71. The van der Waals surface area contributed by atoms with Crippen molar-refractivity contribution in [3.8, 4) is 0 Å². The largest absolute Gasteiger partial charge is 0.595 e. The molecule has 0 saturated carbocycles. The number of fused-ring (bicyclic) bond motifs is 1. The molecule has 4 rings (SSSR count). The van der Waals surface area contributed by atoms with Crippen LogP contribution in [0.5, 0.6) is 0 Å². The molecule has 0 saturated heterocycles. The monoisotopic (exact) mass is 376 g/mol. The van der Waals surface area contributed by atoms with Crippen LogP contribution < -0.4 is 5.23 Å². The van der Waals surface area contributed by atoms with Gasteiger partial charge in [0.2, 0.25) is 0 Å². The van der Waals surface area contributed by atoms with Crippen molar-refractivity contribution in [3.63, 3.8) is 0 Å². The predicted octanol–water partition coefficient (Wildman–Crippen LogP) is 4.76. The van der Waals surface area contributed by atoms with Gasteiger partial charge >= 0.3 is 0 Å². The summed E-state index contributed by atoms with van der Waals surface area (Å²) < 4.78 is 0. The molecule has 1 aliphatic rings. The van der Waals surface area contributed by atoms with Crippen LogP contribution in [0, 0.1) is 12.1 Å². The Morgan fingerprint density at radius 2 is 1.81 bits per heavy atom. The standard InChI is InChI=1S/C22H20N2O2S/c1-15-9-11-16(12-10-15)20-14-22(17-5-4-6-18(13-17)24(25)26)27-21-8-3-2-7-19(21)23-20/h2-13,22,24-25H,14H2,1H3. The molecular formula is C22H20N2O2S. The Morgan fingerprint density at radius 1 is 1.04 bits per heavy atom. The van der Waals surface area contributed by atoms with E-state index in [1.54, 1.807) is 23.9 Å². The minimum atomic E-state index is -0.900. The summed E-state index contributed by atoms with van der Waals surface area (Å²) >= 11 is 1.75. The fourth-order valence-electron chi connectivity index (χ4n) is 3.20. The third kappa shape index (κ3) is 3.96. The molecule has 3 aromatic carbocycles. The number of quaternary nitrogens is 1. The van der Waals surface area contributed by atoms with E-state index in [9.17, 15) is 10.4 Å². The van der Waals surface area contributed by atoms with E-state index in [1.165, 1.54) is 5.56 Å². The van der Waals surface area contributed by atoms with Gasteiger partial charge in [0.15, 0.2) is 5.69 Å². The predicted molar refractivity (Wildman–Crippen MR) is 109 cm³/mol. The normalized spacial score (nSPS) is 17.6. The van der Waals surface area contributed by atoms with Crippen molar-refractivity contribution in [1.82, 2.24) is 0 Å². The Labute approximate surface area is 162 Å². The average molecular weight is 376 g/mol. The molecule has 0 radical (unpaired) electrons. The second-order valence-electron chi connectivity index (χ2n) is 6.63. The Hall–Kier alpha value is -2.44. The maximum Gasteiger partial charge on any atom is 0.164 e.